The lowest BCUT2D eigenvalue weighted by Crippen LogP contribution is -2.42. The first-order valence-corrected chi connectivity index (χ1v) is 11.5. The van der Waals surface area contributed by atoms with Crippen molar-refractivity contribution in [2.45, 2.75) is 45.1 Å². The van der Waals surface area contributed by atoms with E-state index in [1.165, 1.54) is 17.5 Å². The highest BCUT2D eigenvalue weighted by molar-refractivity contribution is 5.79. The van der Waals surface area contributed by atoms with E-state index < -0.39 is 0 Å². The van der Waals surface area contributed by atoms with Gasteiger partial charge in [-0.25, -0.2) is 0 Å². The molecule has 6 heteroatoms. The molecular weight excluding hydrogens is 378 g/mol. The van der Waals surface area contributed by atoms with Crippen molar-refractivity contribution in [2.75, 3.05) is 53.2 Å². The maximum absolute atomic E-state index is 6.13. The molecule has 2 atom stereocenters. The Morgan fingerprint density at radius 3 is 2.67 bits per heavy atom. The van der Waals surface area contributed by atoms with Crippen molar-refractivity contribution >= 4 is 5.96 Å². The zero-order valence-electron chi connectivity index (χ0n) is 18.7. The molecule has 2 saturated heterocycles. The third kappa shape index (κ3) is 7.56. The predicted molar refractivity (Wildman–Crippen MR) is 121 cm³/mol. The topological polar surface area (TPSA) is 64.1 Å². The van der Waals surface area contributed by atoms with Gasteiger partial charge in [0.05, 0.1) is 6.10 Å². The second-order valence-electron chi connectivity index (χ2n) is 8.47. The van der Waals surface area contributed by atoms with Gasteiger partial charge in [-0.05, 0) is 50.5 Å². The number of aryl methyl sites for hydroxylation is 1. The molecule has 1 aromatic rings. The van der Waals surface area contributed by atoms with Gasteiger partial charge in [0.2, 0.25) is 0 Å². The van der Waals surface area contributed by atoms with Gasteiger partial charge in [0, 0.05) is 59.1 Å². The molecule has 0 radical (unpaired) electrons. The number of hydrogen-bond acceptors (Lipinski definition) is 4. The zero-order valence-corrected chi connectivity index (χ0v) is 18.7. The number of aliphatic imine (C=N–C) groups is 1. The van der Waals surface area contributed by atoms with E-state index in [-0.39, 0.29) is 6.10 Å². The molecule has 6 nitrogen and oxygen atoms in total. The van der Waals surface area contributed by atoms with Crippen LogP contribution in [0.2, 0.25) is 0 Å². The third-order valence-corrected chi connectivity index (χ3v) is 6.06. The molecule has 0 spiro atoms. The van der Waals surface area contributed by atoms with Crippen LogP contribution in [0.15, 0.2) is 29.3 Å². The van der Waals surface area contributed by atoms with Crippen LogP contribution in [0.4, 0.5) is 0 Å². The van der Waals surface area contributed by atoms with E-state index in [0.717, 1.165) is 77.8 Å². The molecule has 2 N–H and O–H groups in total. The highest BCUT2D eigenvalue weighted by Crippen LogP contribution is 2.33. The van der Waals surface area contributed by atoms with Crippen molar-refractivity contribution in [2.24, 2.45) is 16.8 Å². The summed E-state index contributed by atoms with van der Waals surface area (Å²) in [5, 5.41) is 6.90. The molecule has 2 unspecified atom stereocenters. The number of guanidine groups is 1. The Hall–Kier alpha value is -1.63. The normalized spacial score (nSPS) is 23.3. The molecule has 0 aromatic heterocycles. The van der Waals surface area contributed by atoms with Crippen LogP contribution < -0.4 is 10.6 Å². The van der Waals surface area contributed by atoms with Crippen LogP contribution in [0, 0.1) is 18.8 Å². The second kappa shape index (κ2) is 12.9. The number of rotatable bonds is 9. The van der Waals surface area contributed by atoms with Gasteiger partial charge in [-0.15, -0.1) is 0 Å². The van der Waals surface area contributed by atoms with E-state index in [1.807, 2.05) is 7.05 Å². The molecule has 168 valence electrons. The van der Waals surface area contributed by atoms with Crippen molar-refractivity contribution < 1.29 is 14.2 Å². The molecule has 0 aliphatic carbocycles. The lowest BCUT2D eigenvalue weighted by atomic mass is 9.89. The average molecular weight is 418 g/mol. The lowest BCUT2D eigenvalue weighted by molar-refractivity contribution is -0.0265. The maximum Gasteiger partial charge on any atom is 0.190 e. The third-order valence-electron chi connectivity index (χ3n) is 6.06. The number of ether oxygens (including phenoxy) is 3. The summed E-state index contributed by atoms with van der Waals surface area (Å²) < 4.78 is 17.4. The molecule has 3 rings (SSSR count). The number of nitrogens with one attached hydrogen (secondary N) is 2. The van der Waals surface area contributed by atoms with Crippen molar-refractivity contribution in [1.82, 2.24) is 10.6 Å². The van der Waals surface area contributed by atoms with Crippen molar-refractivity contribution in [3.63, 3.8) is 0 Å². The van der Waals surface area contributed by atoms with Gasteiger partial charge in [-0.3, -0.25) is 4.99 Å². The first-order valence-electron chi connectivity index (χ1n) is 11.5. The molecule has 30 heavy (non-hydrogen) atoms. The zero-order chi connectivity index (χ0) is 21.0. The van der Waals surface area contributed by atoms with Crippen molar-refractivity contribution in [3.8, 4) is 0 Å². The van der Waals surface area contributed by atoms with E-state index in [2.05, 4.69) is 46.8 Å². The number of benzene rings is 1. The highest BCUT2D eigenvalue weighted by Gasteiger charge is 2.27. The summed E-state index contributed by atoms with van der Waals surface area (Å²) in [6.07, 6.45) is 5.67. The van der Waals surface area contributed by atoms with Crippen LogP contribution in [0.5, 0.6) is 0 Å². The quantitative estimate of drug-likeness (QED) is 0.366. The van der Waals surface area contributed by atoms with E-state index in [4.69, 9.17) is 14.2 Å². The second-order valence-corrected chi connectivity index (χ2v) is 8.47. The summed E-state index contributed by atoms with van der Waals surface area (Å²) in [4.78, 5) is 4.37. The molecule has 2 aliphatic rings. The smallest absolute Gasteiger partial charge is 0.190 e. The summed E-state index contributed by atoms with van der Waals surface area (Å²) in [7, 11) is 1.83. The fourth-order valence-electron chi connectivity index (χ4n) is 4.17. The van der Waals surface area contributed by atoms with Gasteiger partial charge in [0.25, 0.3) is 0 Å². The summed E-state index contributed by atoms with van der Waals surface area (Å²) in [5.41, 5.74) is 2.56. The fourth-order valence-corrected chi connectivity index (χ4v) is 4.17. The summed E-state index contributed by atoms with van der Waals surface area (Å²) in [6.45, 7) is 8.09. The monoisotopic (exact) mass is 417 g/mol. The summed E-state index contributed by atoms with van der Waals surface area (Å²) in [5.74, 6) is 1.97. The minimum Gasteiger partial charge on any atom is -0.381 e. The Bertz CT molecular complexity index is 629. The van der Waals surface area contributed by atoms with E-state index in [9.17, 15) is 0 Å². The van der Waals surface area contributed by atoms with Gasteiger partial charge >= 0.3 is 0 Å². The molecule has 2 heterocycles. The van der Waals surface area contributed by atoms with E-state index >= 15 is 0 Å². The standard InChI is InChI=1S/C24H39N3O3/c1-19-6-8-21(9-7-19)23-22(5-3-14-30-23)17-27-24(25-2)26-12-4-13-29-18-20-10-15-28-16-11-20/h6-9,20,22-23H,3-5,10-18H2,1-2H3,(H2,25,26,27). The van der Waals surface area contributed by atoms with Crippen LogP contribution in [0.1, 0.15) is 49.3 Å². The molecule has 0 saturated carbocycles. The van der Waals surface area contributed by atoms with Crippen LogP contribution in [0.25, 0.3) is 0 Å². The van der Waals surface area contributed by atoms with Crippen LogP contribution in [-0.2, 0) is 14.2 Å². The SMILES string of the molecule is CN=C(NCCCOCC1CCOCC1)NCC1CCCOC1c1ccc(C)cc1. The van der Waals surface area contributed by atoms with Crippen molar-refractivity contribution in [3.05, 3.63) is 35.4 Å². The Morgan fingerprint density at radius 1 is 1.10 bits per heavy atom. The van der Waals surface area contributed by atoms with Crippen LogP contribution in [-0.4, -0.2) is 59.1 Å². The largest absolute Gasteiger partial charge is 0.381 e. The van der Waals surface area contributed by atoms with Crippen molar-refractivity contribution in [1.29, 1.82) is 0 Å². The predicted octanol–water partition coefficient (Wildman–Crippen LogP) is 3.46. The van der Waals surface area contributed by atoms with Gasteiger partial charge in [-0.2, -0.15) is 0 Å². The Balaban J connectivity index is 1.34. The van der Waals surface area contributed by atoms with E-state index in [0.29, 0.717) is 11.8 Å². The number of nitrogens with zero attached hydrogens (tertiary/aromatic N) is 1. The summed E-state index contributed by atoms with van der Waals surface area (Å²) in [6, 6.07) is 8.74. The minimum absolute atomic E-state index is 0.156. The fraction of sp³-hybridized carbons (Fsp3) is 0.708. The van der Waals surface area contributed by atoms with Gasteiger partial charge in [-0.1, -0.05) is 29.8 Å². The molecule has 1 aromatic carbocycles. The number of hydrogen-bond donors (Lipinski definition) is 2. The average Bonchev–Trinajstić information content (AvgIpc) is 2.79. The molecular formula is C24H39N3O3. The van der Waals surface area contributed by atoms with Crippen LogP contribution in [0.3, 0.4) is 0 Å². The molecule has 0 amide bonds. The van der Waals surface area contributed by atoms with Gasteiger partial charge in [0.1, 0.15) is 0 Å². The minimum atomic E-state index is 0.156. The first-order chi connectivity index (χ1) is 14.8. The molecule has 2 fully saturated rings. The summed E-state index contributed by atoms with van der Waals surface area (Å²) >= 11 is 0. The lowest BCUT2D eigenvalue weighted by Gasteiger charge is -2.32. The Labute approximate surface area is 181 Å². The maximum atomic E-state index is 6.13. The van der Waals surface area contributed by atoms with Gasteiger partial charge < -0.3 is 24.8 Å². The molecule has 2 aliphatic heterocycles. The molecule has 0 bridgehead atoms. The van der Waals surface area contributed by atoms with Crippen LogP contribution >= 0.6 is 0 Å². The Morgan fingerprint density at radius 2 is 1.90 bits per heavy atom. The highest BCUT2D eigenvalue weighted by atomic mass is 16.5. The Kier molecular flexibility index (Phi) is 9.93. The van der Waals surface area contributed by atoms with E-state index in [1.54, 1.807) is 0 Å². The van der Waals surface area contributed by atoms with Gasteiger partial charge in [0.15, 0.2) is 5.96 Å². The first kappa shape index (κ1) is 23.0.